The van der Waals surface area contributed by atoms with E-state index >= 15 is 0 Å². The highest BCUT2D eigenvalue weighted by molar-refractivity contribution is 7.18. The van der Waals surface area contributed by atoms with Gasteiger partial charge in [-0.25, -0.2) is 4.98 Å². The highest BCUT2D eigenvalue weighted by atomic mass is 32.1. The molecule has 3 heterocycles. The van der Waals surface area contributed by atoms with E-state index < -0.39 is 0 Å². The van der Waals surface area contributed by atoms with Crippen LogP contribution in [0, 0.1) is 0 Å². The summed E-state index contributed by atoms with van der Waals surface area (Å²) in [6.45, 7) is 2.02. The molecule has 0 bridgehead atoms. The van der Waals surface area contributed by atoms with E-state index in [4.69, 9.17) is 10.3 Å². The minimum absolute atomic E-state index is 0.378. The molecule has 1 aliphatic rings. The van der Waals surface area contributed by atoms with Crippen molar-refractivity contribution in [3.8, 4) is 10.7 Å². The standard InChI is InChI=1S/C10H13N5OS/c11-10-13-5-7(17-10)8-14-9(16-15-8)6-1-3-12-4-2-6/h5-6,12H,1-4H2,(H2,11,13). The lowest BCUT2D eigenvalue weighted by atomic mass is 9.98. The first-order chi connectivity index (χ1) is 8.33. The number of rotatable bonds is 2. The van der Waals surface area contributed by atoms with Gasteiger partial charge < -0.3 is 15.6 Å². The lowest BCUT2D eigenvalue weighted by Gasteiger charge is -2.18. The zero-order valence-electron chi connectivity index (χ0n) is 9.22. The summed E-state index contributed by atoms with van der Waals surface area (Å²) in [5.74, 6) is 1.70. The molecule has 0 atom stereocenters. The Bertz CT molecular complexity index is 502. The van der Waals surface area contributed by atoms with Crippen molar-refractivity contribution in [2.75, 3.05) is 18.8 Å². The molecule has 6 nitrogen and oxygen atoms in total. The van der Waals surface area contributed by atoms with Crippen LogP contribution >= 0.6 is 11.3 Å². The van der Waals surface area contributed by atoms with Crippen LogP contribution in [0.2, 0.25) is 0 Å². The zero-order chi connectivity index (χ0) is 11.7. The Morgan fingerprint density at radius 2 is 2.24 bits per heavy atom. The predicted molar refractivity (Wildman–Crippen MR) is 64.7 cm³/mol. The Balaban J connectivity index is 1.82. The Hall–Kier alpha value is -1.47. The van der Waals surface area contributed by atoms with E-state index in [1.54, 1.807) is 6.20 Å². The number of piperidine rings is 1. The monoisotopic (exact) mass is 251 g/mol. The van der Waals surface area contributed by atoms with E-state index in [-0.39, 0.29) is 0 Å². The third-order valence-corrected chi connectivity index (χ3v) is 3.70. The van der Waals surface area contributed by atoms with Crippen LogP contribution in [0.1, 0.15) is 24.7 Å². The van der Waals surface area contributed by atoms with Crippen LogP contribution in [0.4, 0.5) is 5.13 Å². The summed E-state index contributed by atoms with van der Waals surface area (Å²) in [4.78, 5) is 9.26. The molecule has 17 heavy (non-hydrogen) atoms. The van der Waals surface area contributed by atoms with Gasteiger partial charge >= 0.3 is 0 Å². The second-order valence-corrected chi connectivity index (χ2v) is 5.11. The number of anilines is 1. The summed E-state index contributed by atoms with van der Waals surface area (Å²) in [7, 11) is 0. The normalized spacial score (nSPS) is 17.4. The van der Waals surface area contributed by atoms with Gasteiger partial charge in [0, 0.05) is 5.92 Å². The molecule has 1 fully saturated rings. The van der Waals surface area contributed by atoms with E-state index in [1.165, 1.54) is 11.3 Å². The fourth-order valence-corrected chi connectivity index (χ4v) is 2.57. The third-order valence-electron chi connectivity index (χ3n) is 2.87. The molecule has 90 valence electrons. The Morgan fingerprint density at radius 3 is 2.94 bits per heavy atom. The maximum Gasteiger partial charge on any atom is 0.230 e. The molecule has 1 saturated heterocycles. The number of aromatic nitrogens is 3. The van der Waals surface area contributed by atoms with Gasteiger partial charge in [0.25, 0.3) is 0 Å². The van der Waals surface area contributed by atoms with E-state index in [9.17, 15) is 0 Å². The minimum atomic E-state index is 0.378. The maximum atomic E-state index is 5.58. The molecule has 0 unspecified atom stereocenters. The number of nitrogens with two attached hydrogens (primary N) is 1. The Morgan fingerprint density at radius 1 is 1.41 bits per heavy atom. The third kappa shape index (κ3) is 2.16. The number of nitrogens with one attached hydrogen (secondary N) is 1. The first-order valence-electron chi connectivity index (χ1n) is 5.59. The molecule has 0 amide bonds. The van der Waals surface area contributed by atoms with Gasteiger partial charge in [-0.2, -0.15) is 4.98 Å². The topological polar surface area (TPSA) is 89.9 Å². The van der Waals surface area contributed by atoms with Crippen LogP contribution in [0.5, 0.6) is 0 Å². The number of nitrogen functional groups attached to an aromatic ring is 1. The van der Waals surface area contributed by atoms with Gasteiger partial charge in [-0.05, 0) is 25.9 Å². The molecular formula is C10H13N5OS. The summed E-state index contributed by atoms with van der Waals surface area (Å²) in [6.07, 6.45) is 3.77. The predicted octanol–water partition coefficient (Wildman–Crippen LogP) is 1.24. The molecule has 3 rings (SSSR count). The highest BCUT2D eigenvalue weighted by Gasteiger charge is 2.22. The molecule has 0 radical (unpaired) electrons. The summed E-state index contributed by atoms with van der Waals surface area (Å²) < 4.78 is 5.32. The van der Waals surface area contributed by atoms with Gasteiger partial charge in [-0.3, -0.25) is 0 Å². The first kappa shape index (κ1) is 10.7. The van der Waals surface area contributed by atoms with Crippen molar-refractivity contribution in [2.24, 2.45) is 0 Å². The van der Waals surface area contributed by atoms with E-state index in [0.29, 0.717) is 16.9 Å². The lowest BCUT2D eigenvalue weighted by molar-refractivity contribution is 0.320. The van der Waals surface area contributed by atoms with Crippen molar-refractivity contribution < 1.29 is 4.52 Å². The minimum Gasteiger partial charge on any atom is -0.375 e. The van der Waals surface area contributed by atoms with Crippen LogP contribution < -0.4 is 11.1 Å². The van der Waals surface area contributed by atoms with Crippen molar-refractivity contribution in [3.63, 3.8) is 0 Å². The molecule has 1 aliphatic heterocycles. The fraction of sp³-hybridized carbons (Fsp3) is 0.500. The van der Waals surface area contributed by atoms with Crippen molar-refractivity contribution in [2.45, 2.75) is 18.8 Å². The molecule has 2 aromatic heterocycles. The van der Waals surface area contributed by atoms with Crippen molar-refractivity contribution in [1.29, 1.82) is 0 Å². The van der Waals surface area contributed by atoms with Crippen LogP contribution in [0.3, 0.4) is 0 Å². The zero-order valence-corrected chi connectivity index (χ0v) is 10.0. The SMILES string of the molecule is Nc1ncc(-c2noc(C3CCNCC3)n2)s1. The van der Waals surface area contributed by atoms with Crippen LogP contribution in [0.15, 0.2) is 10.7 Å². The van der Waals surface area contributed by atoms with Gasteiger partial charge in [0.15, 0.2) is 5.13 Å². The van der Waals surface area contributed by atoms with Gasteiger partial charge in [0.2, 0.25) is 11.7 Å². The van der Waals surface area contributed by atoms with Crippen molar-refractivity contribution in [1.82, 2.24) is 20.4 Å². The second kappa shape index (κ2) is 4.42. The fourth-order valence-electron chi connectivity index (χ4n) is 1.96. The molecule has 0 saturated carbocycles. The van der Waals surface area contributed by atoms with Gasteiger partial charge in [0.1, 0.15) is 0 Å². The average Bonchev–Trinajstić information content (AvgIpc) is 2.98. The largest absolute Gasteiger partial charge is 0.375 e. The van der Waals surface area contributed by atoms with Crippen LogP contribution in [0.25, 0.3) is 10.7 Å². The molecule has 0 aliphatic carbocycles. The summed E-state index contributed by atoms with van der Waals surface area (Å²) in [5, 5.41) is 7.82. The summed E-state index contributed by atoms with van der Waals surface area (Å²) in [5.41, 5.74) is 5.58. The van der Waals surface area contributed by atoms with E-state index in [1.807, 2.05) is 0 Å². The van der Waals surface area contributed by atoms with Crippen molar-refractivity contribution >= 4 is 16.5 Å². The summed E-state index contributed by atoms with van der Waals surface area (Å²) >= 11 is 1.37. The molecule has 2 aromatic rings. The Labute approximate surface area is 102 Å². The quantitative estimate of drug-likeness (QED) is 0.834. The highest BCUT2D eigenvalue weighted by Crippen LogP contribution is 2.28. The second-order valence-electron chi connectivity index (χ2n) is 4.04. The number of hydrogen-bond donors (Lipinski definition) is 2. The number of thiazole rings is 1. The van der Waals surface area contributed by atoms with Crippen LogP contribution in [-0.2, 0) is 0 Å². The first-order valence-corrected chi connectivity index (χ1v) is 6.40. The van der Waals surface area contributed by atoms with Gasteiger partial charge in [0.05, 0.1) is 11.1 Å². The molecule has 3 N–H and O–H groups in total. The van der Waals surface area contributed by atoms with Crippen LogP contribution in [-0.4, -0.2) is 28.2 Å². The van der Waals surface area contributed by atoms with E-state index in [0.717, 1.165) is 36.7 Å². The number of nitrogens with zero attached hydrogens (tertiary/aromatic N) is 3. The van der Waals surface area contributed by atoms with Gasteiger partial charge in [-0.15, -0.1) is 0 Å². The molecule has 7 heteroatoms. The smallest absolute Gasteiger partial charge is 0.230 e. The van der Waals surface area contributed by atoms with E-state index in [2.05, 4.69) is 20.4 Å². The summed E-state index contributed by atoms with van der Waals surface area (Å²) in [6, 6.07) is 0. The lowest BCUT2D eigenvalue weighted by Crippen LogP contribution is -2.26. The van der Waals surface area contributed by atoms with Crippen molar-refractivity contribution in [3.05, 3.63) is 12.1 Å². The Kier molecular flexibility index (Phi) is 2.77. The maximum absolute atomic E-state index is 5.58. The molecular weight excluding hydrogens is 238 g/mol. The molecule has 0 aromatic carbocycles. The average molecular weight is 251 g/mol. The molecule has 0 spiro atoms. The number of hydrogen-bond acceptors (Lipinski definition) is 7. The van der Waals surface area contributed by atoms with Gasteiger partial charge in [-0.1, -0.05) is 16.5 Å².